The first-order chi connectivity index (χ1) is 3.79. The van der Waals surface area contributed by atoms with Gasteiger partial charge in [-0.2, -0.15) is 0 Å². The van der Waals surface area contributed by atoms with Crippen molar-refractivity contribution in [3.05, 3.63) is 0 Å². The predicted molar refractivity (Wildman–Crippen MR) is 42.7 cm³/mol. The molecule has 0 aromatic carbocycles. The second-order valence-electron chi connectivity index (χ2n) is 1.91. The first-order valence-electron chi connectivity index (χ1n) is 2.66. The Morgan fingerprint density at radius 2 is 1.00 bits per heavy atom. The fourth-order valence-electron chi connectivity index (χ4n) is 0.685. The van der Waals surface area contributed by atoms with Gasteiger partial charge in [0, 0.05) is 23.0 Å². The highest BCUT2D eigenvalue weighted by atomic mass is 32.2. The van der Waals surface area contributed by atoms with Crippen LogP contribution < -0.4 is 0 Å². The highest BCUT2D eigenvalue weighted by molar-refractivity contribution is 8.18. The van der Waals surface area contributed by atoms with Crippen LogP contribution in [0.15, 0.2) is 0 Å². The van der Waals surface area contributed by atoms with Crippen molar-refractivity contribution in [2.75, 3.05) is 23.0 Å². The van der Waals surface area contributed by atoms with Gasteiger partial charge in [0.05, 0.1) is 0 Å². The van der Waals surface area contributed by atoms with Gasteiger partial charge in [-0.1, -0.05) is 0 Å². The van der Waals surface area contributed by atoms with Gasteiger partial charge in [0.15, 0.2) is 0 Å². The zero-order valence-electron chi connectivity index (χ0n) is 4.62. The summed E-state index contributed by atoms with van der Waals surface area (Å²) in [5.74, 6) is 3.49. The lowest BCUT2D eigenvalue weighted by molar-refractivity contribution is 0.630. The van der Waals surface area contributed by atoms with Gasteiger partial charge in [0.1, 0.15) is 0 Å². The fraction of sp³-hybridized carbons (Fsp3) is 1.00. The van der Waals surface area contributed by atoms with E-state index in [9.17, 15) is 0 Å². The molecule has 0 saturated carbocycles. The Kier molecular flexibility index (Phi) is 2.49. The van der Waals surface area contributed by atoms with Crippen molar-refractivity contribution in [3.63, 3.8) is 0 Å². The van der Waals surface area contributed by atoms with Crippen LogP contribution in [0, 0.1) is 0 Å². The summed E-state index contributed by atoms with van der Waals surface area (Å²) in [6.07, 6.45) is 0. The minimum Gasteiger partial charge on any atom is -0.354 e. The normalized spacial score (nSPS) is 48.8. The second kappa shape index (κ2) is 2.96. The molecule has 2 N–H and O–H groups in total. The molecule has 0 aliphatic carbocycles. The van der Waals surface area contributed by atoms with Gasteiger partial charge in [0.25, 0.3) is 0 Å². The number of hydrogen-bond acceptors (Lipinski definition) is 2. The summed E-state index contributed by atoms with van der Waals surface area (Å²) in [7, 11) is 0. The Balaban J connectivity index is 2.19. The van der Waals surface area contributed by atoms with Crippen LogP contribution in [0.5, 0.6) is 0 Å². The van der Waals surface area contributed by atoms with Gasteiger partial charge >= 0.3 is 0 Å². The zero-order chi connectivity index (χ0) is 5.98. The number of thiol groups is 2. The van der Waals surface area contributed by atoms with E-state index in [1.807, 2.05) is 0 Å². The minimum atomic E-state index is -0.662. The molecular formula is C4H12O2S2. The van der Waals surface area contributed by atoms with Crippen molar-refractivity contribution >= 4 is 22.4 Å². The molecule has 0 unspecified atom stereocenters. The van der Waals surface area contributed by atoms with E-state index >= 15 is 0 Å². The van der Waals surface area contributed by atoms with Gasteiger partial charge < -0.3 is 9.11 Å². The molecule has 0 amide bonds. The fourth-order valence-corrected chi connectivity index (χ4v) is 4.83. The lowest BCUT2D eigenvalue weighted by atomic mass is 10.9. The van der Waals surface area contributed by atoms with Crippen LogP contribution >= 0.6 is 22.4 Å². The molecule has 1 rings (SSSR count). The molecule has 0 atom stereocenters. The van der Waals surface area contributed by atoms with Crippen LogP contribution in [-0.4, -0.2) is 32.1 Å². The number of rotatable bonds is 0. The van der Waals surface area contributed by atoms with E-state index in [0.717, 1.165) is 23.0 Å². The maximum atomic E-state index is 8.99. The quantitative estimate of drug-likeness (QED) is 0.394. The standard InChI is InChI=1S/C4H12O2S2/c5-7-1-2-8(6)4-3-7/h5-8H,1-4H2. The van der Waals surface area contributed by atoms with Crippen LogP contribution in [0.25, 0.3) is 0 Å². The number of hydrogen-bond donors (Lipinski definition) is 4. The predicted octanol–water partition coefficient (Wildman–Crippen LogP) is 0.948. The lowest BCUT2D eigenvalue weighted by Crippen LogP contribution is -2.11. The topological polar surface area (TPSA) is 40.5 Å². The van der Waals surface area contributed by atoms with E-state index in [-0.39, 0.29) is 0 Å². The van der Waals surface area contributed by atoms with Crippen molar-refractivity contribution in [1.82, 2.24) is 0 Å². The summed E-state index contributed by atoms with van der Waals surface area (Å²) < 4.78 is 18.0. The zero-order valence-corrected chi connectivity index (χ0v) is 6.41. The van der Waals surface area contributed by atoms with E-state index in [0.29, 0.717) is 0 Å². The summed E-state index contributed by atoms with van der Waals surface area (Å²) in [6, 6.07) is 0. The molecule has 0 aromatic heterocycles. The molecule has 1 fully saturated rings. The minimum absolute atomic E-state index is 0.662. The van der Waals surface area contributed by atoms with Crippen molar-refractivity contribution in [3.8, 4) is 0 Å². The Labute approximate surface area is 55.0 Å². The van der Waals surface area contributed by atoms with E-state index in [1.54, 1.807) is 0 Å². The second-order valence-corrected chi connectivity index (χ2v) is 5.72. The molecule has 0 bridgehead atoms. The van der Waals surface area contributed by atoms with Crippen LogP contribution in [0.4, 0.5) is 0 Å². The molecule has 1 aliphatic heterocycles. The average molecular weight is 156 g/mol. The third-order valence-corrected chi connectivity index (χ3v) is 4.90. The summed E-state index contributed by atoms with van der Waals surface area (Å²) in [5.41, 5.74) is 0. The van der Waals surface area contributed by atoms with Crippen molar-refractivity contribution in [2.45, 2.75) is 0 Å². The van der Waals surface area contributed by atoms with E-state index in [1.165, 1.54) is 0 Å². The highest BCUT2D eigenvalue weighted by Crippen LogP contribution is 2.34. The molecule has 1 heterocycles. The Morgan fingerprint density at radius 1 is 0.750 bits per heavy atom. The molecule has 0 spiro atoms. The Hall–Kier alpha value is 0.620. The summed E-state index contributed by atoms with van der Waals surface area (Å²) >= 11 is -1.32. The molecular weight excluding hydrogens is 144 g/mol. The van der Waals surface area contributed by atoms with Crippen LogP contribution in [0.1, 0.15) is 0 Å². The average Bonchev–Trinajstić information content (AvgIpc) is 1.77. The van der Waals surface area contributed by atoms with Crippen LogP contribution in [0.2, 0.25) is 0 Å². The Bertz CT molecular complexity index is 60.4. The molecule has 1 aliphatic rings. The van der Waals surface area contributed by atoms with Crippen LogP contribution in [0.3, 0.4) is 0 Å². The lowest BCUT2D eigenvalue weighted by Gasteiger charge is -2.26. The maximum absolute atomic E-state index is 8.99. The molecule has 0 radical (unpaired) electrons. The molecule has 1 saturated heterocycles. The van der Waals surface area contributed by atoms with Crippen molar-refractivity contribution < 1.29 is 9.11 Å². The van der Waals surface area contributed by atoms with Gasteiger partial charge in [-0.15, -0.1) is 22.4 Å². The first kappa shape index (κ1) is 6.74. The third kappa shape index (κ3) is 1.85. The van der Waals surface area contributed by atoms with Gasteiger partial charge in [-0.05, 0) is 0 Å². The Morgan fingerprint density at radius 3 is 1.25 bits per heavy atom. The highest BCUT2D eigenvalue weighted by Gasteiger charge is 2.10. The molecule has 4 heteroatoms. The summed E-state index contributed by atoms with van der Waals surface area (Å²) in [5, 5.41) is 0. The van der Waals surface area contributed by atoms with Crippen molar-refractivity contribution in [1.29, 1.82) is 0 Å². The molecule has 52 valence electrons. The summed E-state index contributed by atoms with van der Waals surface area (Å²) in [6.45, 7) is 0. The van der Waals surface area contributed by atoms with E-state index in [4.69, 9.17) is 9.11 Å². The van der Waals surface area contributed by atoms with Crippen LogP contribution in [-0.2, 0) is 0 Å². The molecule has 0 aromatic rings. The smallest absolute Gasteiger partial charge is 0.00559 e. The van der Waals surface area contributed by atoms with Gasteiger partial charge in [-0.25, -0.2) is 0 Å². The molecule has 2 nitrogen and oxygen atoms in total. The SMILES string of the molecule is O[SH]1CC[SH](O)CC1. The summed E-state index contributed by atoms with van der Waals surface area (Å²) in [4.78, 5) is 0. The van der Waals surface area contributed by atoms with Gasteiger partial charge in [-0.3, -0.25) is 0 Å². The van der Waals surface area contributed by atoms with Gasteiger partial charge in [0.2, 0.25) is 0 Å². The van der Waals surface area contributed by atoms with E-state index < -0.39 is 22.4 Å². The maximum Gasteiger partial charge on any atom is 0.00559 e. The molecule has 8 heavy (non-hydrogen) atoms. The third-order valence-electron chi connectivity index (χ3n) is 1.23. The van der Waals surface area contributed by atoms with E-state index in [2.05, 4.69) is 0 Å². The largest absolute Gasteiger partial charge is 0.354 e. The monoisotopic (exact) mass is 156 g/mol. The van der Waals surface area contributed by atoms with Crippen molar-refractivity contribution in [2.24, 2.45) is 0 Å². The first-order valence-corrected chi connectivity index (χ1v) is 5.99.